The number of ether oxygens (including phenoxy) is 1. The fourth-order valence-electron chi connectivity index (χ4n) is 2.64. The van der Waals surface area contributed by atoms with Gasteiger partial charge < -0.3 is 15.4 Å². The minimum atomic E-state index is -0.301. The highest BCUT2D eigenvalue weighted by molar-refractivity contribution is 6.03. The van der Waals surface area contributed by atoms with E-state index in [0.29, 0.717) is 18.1 Å². The Morgan fingerprint density at radius 1 is 1.04 bits per heavy atom. The standard InChI is InChI=1S/C21H22N4O2/c1-4-27-17-8-6-16(7-9-17)24-21(26)19-12-20(23-13-22-19)25-18-10-5-14(2)11-15(18)3/h5-13H,4H2,1-3H3,(H,24,26)(H,22,23,25). The first-order chi connectivity index (χ1) is 13.0. The highest BCUT2D eigenvalue weighted by atomic mass is 16.5. The molecule has 0 unspecified atom stereocenters. The number of hydrogen-bond donors (Lipinski definition) is 2. The van der Waals surface area contributed by atoms with Crippen LogP contribution in [0.4, 0.5) is 17.2 Å². The highest BCUT2D eigenvalue weighted by Gasteiger charge is 2.10. The van der Waals surface area contributed by atoms with Crippen molar-refractivity contribution in [2.75, 3.05) is 17.2 Å². The largest absolute Gasteiger partial charge is 0.494 e. The van der Waals surface area contributed by atoms with Crippen LogP contribution in [0.5, 0.6) is 5.75 Å². The molecule has 0 aliphatic heterocycles. The molecule has 0 aliphatic carbocycles. The van der Waals surface area contributed by atoms with Crippen LogP contribution in [0.15, 0.2) is 54.9 Å². The third-order valence-corrected chi connectivity index (χ3v) is 3.97. The maximum absolute atomic E-state index is 12.5. The SMILES string of the molecule is CCOc1ccc(NC(=O)c2cc(Nc3ccc(C)cc3C)ncn2)cc1. The molecule has 1 heterocycles. The molecule has 6 nitrogen and oxygen atoms in total. The zero-order valence-electron chi connectivity index (χ0n) is 15.6. The first kappa shape index (κ1) is 18.4. The summed E-state index contributed by atoms with van der Waals surface area (Å²) in [5, 5.41) is 6.06. The lowest BCUT2D eigenvalue weighted by Crippen LogP contribution is -2.14. The molecule has 27 heavy (non-hydrogen) atoms. The van der Waals surface area contributed by atoms with Crippen molar-refractivity contribution in [2.24, 2.45) is 0 Å². The van der Waals surface area contributed by atoms with Crippen LogP contribution in [0.25, 0.3) is 0 Å². The van der Waals surface area contributed by atoms with Crippen LogP contribution in [0.1, 0.15) is 28.5 Å². The minimum Gasteiger partial charge on any atom is -0.494 e. The normalized spacial score (nSPS) is 10.3. The van der Waals surface area contributed by atoms with Gasteiger partial charge >= 0.3 is 0 Å². The number of rotatable bonds is 6. The lowest BCUT2D eigenvalue weighted by Gasteiger charge is -2.10. The Morgan fingerprint density at radius 3 is 2.52 bits per heavy atom. The van der Waals surface area contributed by atoms with E-state index < -0.39 is 0 Å². The van der Waals surface area contributed by atoms with Crippen LogP contribution < -0.4 is 15.4 Å². The summed E-state index contributed by atoms with van der Waals surface area (Å²) in [5.74, 6) is 1.02. The van der Waals surface area contributed by atoms with Gasteiger partial charge in [0.2, 0.25) is 0 Å². The number of nitrogens with one attached hydrogen (secondary N) is 2. The molecule has 0 atom stereocenters. The van der Waals surface area contributed by atoms with E-state index in [1.54, 1.807) is 18.2 Å². The van der Waals surface area contributed by atoms with Crippen LogP contribution in [0, 0.1) is 13.8 Å². The smallest absolute Gasteiger partial charge is 0.274 e. The summed E-state index contributed by atoms with van der Waals surface area (Å²) in [7, 11) is 0. The molecule has 1 aromatic heterocycles. The van der Waals surface area contributed by atoms with Crippen LogP contribution in [-0.4, -0.2) is 22.5 Å². The van der Waals surface area contributed by atoms with Gasteiger partial charge in [0.25, 0.3) is 5.91 Å². The predicted molar refractivity (Wildman–Crippen MR) is 107 cm³/mol. The monoisotopic (exact) mass is 362 g/mol. The molecular formula is C21H22N4O2. The molecule has 0 saturated heterocycles. The maximum Gasteiger partial charge on any atom is 0.274 e. The van der Waals surface area contributed by atoms with E-state index in [2.05, 4.69) is 26.7 Å². The fourth-order valence-corrected chi connectivity index (χ4v) is 2.64. The summed E-state index contributed by atoms with van der Waals surface area (Å²) in [4.78, 5) is 20.8. The van der Waals surface area contributed by atoms with Crippen molar-refractivity contribution in [3.63, 3.8) is 0 Å². The third kappa shape index (κ3) is 4.82. The molecule has 138 valence electrons. The summed E-state index contributed by atoms with van der Waals surface area (Å²) >= 11 is 0. The number of carbonyl (C=O) groups is 1. The number of aryl methyl sites for hydroxylation is 2. The molecule has 2 N–H and O–H groups in total. The van der Waals surface area contributed by atoms with E-state index in [-0.39, 0.29) is 11.6 Å². The average Bonchev–Trinajstić information content (AvgIpc) is 2.66. The Labute approximate surface area is 158 Å². The van der Waals surface area contributed by atoms with E-state index in [9.17, 15) is 4.79 Å². The van der Waals surface area contributed by atoms with Gasteiger partial charge in [-0.3, -0.25) is 4.79 Å². The average molecular weight is 362 g/mol. The molecule has 0 aliphatic rings. The third-order valence-electron chi connectivity index (χ3n) is 3.97. The second-order valence-corrected chi connectivity index (χ2v) is 6.14. The van der Waals surface area contributed by atoms with E-state index in [0.717, 1.165) is 17.0 Å². The number of aromatic nitrogens is 2. The molecule has 0 fully saturated rings. The van der Waals surface area contributed by atoms with Gasteiger partial charge in [-0.15, -0.1) is 0 Å². The van der Waals surface area contributed by atoms with Gasteiger partial charge in [-0.2, -0.15) is 0 Å². The van der Waals surface area contributed by atoms with Gasteiger partial charge in [0.15, 0.2) is 0 Å². The van der Waals surface area contributed by atoms with Crippen LogP contribution in [0.2, 0.25) is 0 Å². The van der Waals surface area contributed by atoms with Crippen LogP contribution in [0.3, 0.4) is 0 Å². The molecule has 3 aromatic rings. The topological polar surface area (TPSA) is 76.1 Å². The van der Waals surface area contributed by atoms with Gasteiger partial charge in [-0.1, -0.05) is 17.7 Å². The molecule has 0 saturated carbocycles. The second-order valence-electron chi connectivity index (χ2n) is 6.14. The number of carbonyl (C=O) groups excluding carboxylic acids is 1. The van der Waals surface area contributed by atoms with Crippen molar-refractivity contribution in [1.29, 1.82) is 0 Å². The zero-order chi connectivity index (χ0) is 19.2. The van der Waals surface area contributed by atoms with E-state index in [4.69, 9.17) is 4.74 Å². The predicted octanol–water partition coefficient (Wildman–Crippen LogP) is 4.49. The van der Waals surface area contributed by atoms with Crippen molar-refractivity contribution < 1.29 is 9.53 Å². The summed E-state index contributed by atoms with van der Waals surface area (Å²) in [6, 6.07) is 14.9. The Bertz CT molecular complexity index is 939. The van der Waals surface area contributed by atoms with Gasteiger partial charge in [-0.05, 0) is 56.7 Å². The molecule has 0 bridgehead atoms. The molecule has 6 heteroatoms. The van der Waals surface area contributed by atoms with Gasteiger partial charge in [0.1, 0.15) is 23.6 Å². The number of nitrogens with zero attached hydrogens (tertiary/aromatic N) is 2. The van der Waals surface area contributed by atoms with Crippen LogP contribution >= 0.6 is 0 Å². The van der Waals surface area contributed by atoms with Crippen LogP contribution in [-0.2, 0) is 0 Å². The van der Waals surface area contributed by atoms with E-state index in [1.165, 1.54) is 11.9 Å². The summed E-state index contributed by atoms with van der Waals surface area (Å²) in [6.07, 6.45) is 1.37. The number of anilines is 3. The summed E-state index contributed by atoms with van der Waals surface area (Å²) in [6.45, 7) is 6.60. The quantitative estimate of drug-likeness (QED) is 0.676. The molecular weight excluding hydrogens is 340 g/mol. The Kier molecular flexibility index (Phi) is 5.66. The molecule has 1 amide bonds. The highest BCUT2D eigenvalue weighted by Crippen LogP contribution is 2.21. The fraction of sp³-hybridized carbons (Fsp3) is 0.190. The first-order valence-corrected chi connectivity index (χ1v) is 8.75. The maximum atomic E-state index is 12.5. The van der Waals surface area contributed by atoms with E-state index in [1.807, 2.05) is 45.0 Å². The van der Waals surface area contributed by atoms with Crippen molar-refractivity contribution >= 4 is 23.1 Å². The molecule has 2 aromatic carbocycles. The van der Waals surface area contributed by atoms with E-state index >= 15 is 0 Å². The van der Waals surface area contributed by atoms with Gasteiger partial charge in [0, 0.05) is 17.4 Å². The zero-order valence-corrected chi connectivity index (χ0v) is 15.6. The van der Waals surface area contributed by atoms with Crippen molar-refractivity contribution in [2.45, 2.75) is 20.8 Å². The summed E-state index contributed by atoms with van der Waals surface area (Å²) in [5.41, 5.74) is 4.19. The Hall–Kier alpha value is -3.41. The van der Waals surface area contributed by atoms with Gasteiger partial charge in [-0.25, -0.2) is 9.97 Å². The second kappa shape index (κ2) is 8.31. The minimum absolute atomic E-state index is 0.283. The van der Waals surface area contributed by atoms with Crippen molar-refractivity contribution in [1.82, 2.24) is 9.97 Å². The number of hydrogen-bond acceptors (Lipinski definition) is 5. The molecule has 0 radical (unpaired) electrons. The molecule has 3 rings (SSSR count). The number of benzene rings is 2. The number of amides is 1. The summed E-state index contributed by atoms with van der Waals surface area (Å²) < 4.78 is 5.40. The molecule has 0 spiro atoms. The lowest BCUT2D eigenvalue weighted by atomic mass is 10.1. The lowest BCUT2D eigenvalue weighted by molar-refractivity contribution is 0.102. The Balaban J connectivity index is 1.71. The Morgan fingerprint density at radius 2 is 1.81 bits per heavy atom. The first-order valence-electron chi connectivity index (χ1n) is 8.75. The van der Waals surface area contributed by atoms with Crippen molar-refractivity contribution in [3.8, 4) is 5.75 Å². The van der Waals surface area contributed by atoms with Crippen molar-refractivity contribution in [3.05, 3.63) is 71.7 Å². The van der Waals surface area contributed by atoms with Gasteiger partial charge in [0.05, 0.1) is 6.61 Å².